The van der Waals surface area contributed by atoms with E-state index in [1.807, 2.05) is 0 Å². The van der Waals surface area contributed by atoms with Crippen LogP contribution in [0.4, 0.5) is 0 Å². The van der Waals surface area contributed by atoms with E-state index in [4.69, 9.17) is 0 Å². The van der Waals surface area contributed by atoms with E-state index in [-0.39, 0.29) is 5.41 Å². The van der Waals surface area contributed by atoms with E-state index in [1.54, 1.807) is 27.8 Å². The highest BCUT2D eigenvalue weighted by atomic mass is 14.6. The first-order valence-electron chi connectivity index (χ1n) is 10.7. The maximum atomic E-state index is 2.66. The van der Waals surface area contributed by atoms with Gasteiger partial charge in [-0.1, -0.05) is 91.9 Å². The van der Waals surface area contributed by atoms with Gasteiger partial charge in [0.15, 0.2) is 0 Å². The van der Waals surface area contributed by atoms with E-state index >= 15 is 0 Å². The van der Waals surface area contributed by atoms with Crippen molar-refractivity contribution in [2.75, 3.05) is 0 Å². The second-order valence-electron chi connectivity index (χ2n) is 9.07. The standard InChI is InChI=1S/C28H26/c1-19-15-21-11-6-8-14-26(21)28(19)18-22-12-5-7-13-24(22)25-16-23(17-27(25)28)20-9-3-2-4-10-20/h2-14,17,19,25,27H,15-16,18H2,1H3. The van der Waals surface area contributed by atoms with Crippen molar-refractivity contribution in [1.82, 2.24) is 0 Å². The summed E-state index contributed by atoms with van der Waals surface area (Å²) in [5.74, 6) is 1.88. The number of allylic oxidation sites excluding steroid dienone is 2. The third-order valence-electron chi connectivity index (χ3n) is 7.86. The normalized spacial score (nSPS) is 29.9. The minimum absolute atomic E-state index is 0.242. The Kier molecular flexibility index (Phi) is 3.48. The quantitative estimate of drug-likeness (QED) is 0.460. The van der Waals surface area contributed by atoms with Gasteiger partial charge in [-0.05, 0) is 70.4 Å². The molecule has 3 aromatic rings. The summed E-state index contributed by atoms with van der Waals surface area (Å²) in [4.78, 5) is 0. The minimum Gasteiger partial charge on any atom is -0.0760 e. The Balaban J connectivity index is 1.58. The van der Waals surface area contributed by atoms with Crippen LogP contribution in [0.3, 0.4) is 0 Å². The SMILES string of the molecule is CC1Cc2ccccc2C12Cc1ccccc1C1CC(c3ccccc3)=CC12. The summed E-state index contributed by atoms with van der Waals surface area (Å²) in [6, 6.07) is 29.6. The molecule has 0 N–H and O–H groups in total. The number of hydrogen-bond acceptors (Lipinski definition) is 0. The topological polar surface area (TPSA) is 0 Å². The number of rotatable bonds is 1. The van der Waals surface area contributed by atoms with Crippen LogP contribution in [0.5, 0.6) is 0 Å². The van der Waals surface area contributed by atoms with Gasteiger partial charge in [0.2, 0.25) is 0 Å². The molecule has 3 aromatic carbocycles. The zero-order valence-corrected chi connectivity index (χ0v) is 16.4. The van der Waals surface area contributed by atoms with E-state index in [1.165, 1.54) is 24.8 Å². The minimum atomic E-state index is 0.242. The Morgan fingerprint density at radius 2 is 1.46 bits per heavy atom. The van der Waals surface area contributed by atoms with Gasteiger partial charge in [0.1, 0.15) is 0 Å². The van der Waals surface area contributed by atoms with Crippen molar-refractivity contribution in [2.24, 2.45) is 11.8 Å². The van der Waals surface area contributed by atoms with Crippen molar-refractivity contribution < 1.29 is 0 Å². The lowest BCUT2D eigenvalue weighted by Crippen LogP contribution is -2.45. The van der Waals surface area contributed by atoms with Gasteiger partial charge < -0.3 is 0 Å². The van der Waals surface area contributed by atoms with Crippen LogP contribution < -0.4 is 0 Å². The van der Waals surface area contributed by atoms with Crippen LogP contribution in [0.15, 0.2) is 84.9 Å². The molecule has 4 atom stereocenters. The molecule has 3 aliphatic carbocycles. The van der Waals surface area contributed by atoms with Crippen molar-refractivity contribution in [1.29, 1.82) is 0 Å². The fraction of sp³-hybridized carbons (Fsp3) is 0.286. The summed E-state index contributed by atoms with van der Waals surface area (Å²) in [6.07, 6.45) is 6.23. The molecule has 1 spiro atoms. The predicted molar refractivity (Wildman–Crippen MR) is 116 cm³/mol. The predicted octanol–water partition coefficient (Wildman–Crippen LogP) is 6.56. The van der Waals surface area contributed by atoms with Gasteiger partial charge in [-0.15, -0.1) is 0 Å². The Bertz CT molecular complexity index is 1070. The molecule has 0 saturated carbocycles. The maximum Gasteiger partial charge on any atom is 0.00937 e. The summed E-state index contributed by atoms with van der Waals surface area (Å²) in [5, 5.41) is 0. The van der Waals surface area contributed by atoms with Crippen LogP contribution in [-0.4, -0.2) is 0 Å². The number of hydrogen-bond donors (Lipinski definition) is 0. The second-order valence-corrected chi connectivity index (χ2v) is 9.07. The summed E-state index contributed by atoms with van der Waals surface area (Å²) in [6.45, 7) is 2.50. The highest BCUT2D eigenvalue weighted by molar-refractivity contribution is 5.71. The molecule has 0 aliphatic heterocycles. The highest BCUT2D eigenvalue weighted by Gasteiger charge is 2.55. The van der Waals surface area contributed by atoms with Gasteiger partial charge in [0, 0.05) is 5.41 Å². The average molecular weight is 363 g/mol. The fourth-order valence-electron chi connectivity index (χ4n) is 6.64. The molecule has 0 radical (unpaired) electrons. The molecule has 0 fully saturated rings. The zero-order chi connectivity index (χ0) is 18.7. The van der Waals surface area contributed by atoms with Crippen LogP contribution in [0, 0.1) is 11.8 Å². The van der Waals surface area contributed by atoms with Crippen molar-refractivity contribution in [3.8, 4) is 0 Å². The van der Waals surface area contributed by atoms with Crippen LogP contribution in [-0.2, 0) is 18.3 Å². The molecule has 0 saturated heterocycles. The van der Waals surface area contributed by atoms with E-state index in [0.717, 1.165) is 0 Å². The average Bonchev–Trinajstić information content (AvgIpc) is 3.30. The first-order chi connectivity index (χ1) is 13.8. The molecule has 0 heterocycles. The van der Waals surface area contributed by atoms with Crippen molar-refractivity contribution in [2.45, 2.75) is 37.5 Å². The monoisotopic (exact) mass is 362 g/mol. The number of fused-ring (bicyclic) bond motifs is 6. The molecular formula is C28H26. The molecule has 0 nitrogen and oxygen atoms in total. The molecule has 0 bridgehead atoms. The molecule has 3 aliphatic rings. The Morgan fingerprint density at radius 3 is 2.32 bits per heavy atom. The highest BCUT2D eigenvalue weighted by Crippen LogP contribution is 2.62. The Labute approximate surface area is 167 Å². The van der Waals surface area contributed by atoms with Crippen molar-refractivity contribution >= 4 is 5.57 Å². The molecule has 0 aromatic heterocycles. The smallest absolute Gasteiger partial charge is 0.00937 e. The number of benzene rings is 3. The maximum absolute atomic E-state index is 2.66. The van der Waals surface area contributed by atoms with Gasteiger partial charge in [-0.3, -0.25) is 0 Å². The Morgan fingerprint density at radius 1 is 0.750 bits per heavy atom. The van der Waals surface area contributed by atoms with Crippen LogP contribution in [0.1, 0.15) is 47.1 Å². The molecule has 138 valence electrons. The summed E-state index contributed by atoms with van der Waals surface area (Å²) in [7, 11) is 0. The molecule has 0 heteroatoms. The first kappa shape index (κ1) is 16.4. The summed E-state index contributed by atoms with van der Waals surface area (Å²) >= 11 is 0. The summed E-state index contributed by atoms with van der Waals surface area (Å²) in [5.41, 5.74) is 9.57. The van der Waals surface area contributed by atoms with Crippen molar-refractivity contribution in [3.63, 3.8) is 0 Å². The first-order valence-corrected chi connectivity index (χ1v) is 10.7. The summed E-state index contributed by atoms with van der Waals surface area (Å²) < 4.78 is 0. The lowest BCUT2D eigenvalue weighted by Gasteiger charge is -2.47. The lowest BCUT2D eigenvalue weighted by molar-refractivity contribution is 0.196. The van der Waals surface area contributed by atoms with Gasteiger partial charge in [-0.25, -0.2) is 0 Å². The Hall–Kier alpha value is -2.60. The van der Waals surface area contributed by atoms with Gasteiger partial charge in [0.05, 0.1) is 0 Å². The fourth-order valence-corrected chi connectivity index (χ4v) is 6.64. The largest absolute Gasteiger partial charge is 0.0760 e. The zero-order valence-electron chi connectivity index (χ0n) is 16.4. The van der Waals surface area contributed by atoms with E-state index < -0.39 is 0 Å². The van der Waals surface area contributed by atoms with Gasteiger partial charge in [0.25, 0.3) is 0 Å². The van der Waals surface area contributed by atoms with E-state index in [2.05, 4.69) is 91.9 Å². The van der Waals surface area contributed by atoms with Crippen LogP contribution >= 0.6 is 0 Å². The molecule has 6 rings (SSSR count). The van der Waals surface area contributed by atoms with E-state index in [9.17, 15) is 0 Å². The van der Waals surface area contributed by atoms with Gasteiger partial charge in [-0.2, -0.15) is 0 Å². The molecule has 28 heavy (non-hydrogen) atoms. The third kappa shape index (κ3) is 2.12. The molecule has 4 unspecified atom stereocenters. The van der Waals surface area contributed by atoms with Crippen molar-refractivity contribution in [3.05, 3.63) is 113 Å². The molecular weight excluding hydrogens is 336 g/mol. The van der Waals surface area contributed by atoms with Crippen LogP contribution in [0.2, 0.25) is 0 Å². The van der Waals surface area contributed by atoms with Crippen LogP contribution in [0.25, 0.3) is 5.57 Å². The molecule has 0 amide bonds. The third-order valence-corrected chi connectivity index (χ3v) is 7.86. The lowest BCUT2D eigenvalue weighted by atomic mass is 9.55. The van der Waals surface area contributed by atoms with Gasteiger partial charge >= 0.3 is 0 Å². The van der Waals surface area contributed by atoms with E-state index in [0.29, 0.717) is 17.8 Å². The second kappa shape index (κ2) is 5.95.